The monoisotopic (exact) mass is 252 g/mol. The number of nitrogen functional groups attached to an aromatic ring is 1. The van der Waals surface area contributed by atoms with Gasteiger partial charge in [0.15, 0.2) is 0 Å². The number of anilines is 3. The van der Waals surface area contributed by atoms with E-state index in [0.717, 1.165) is 34.3 Å². The van der Waals surface area contributed by atoms with Crippen molar-refractivity contribution in [2.75, 3.05) is 24.8 Å². The largest absolute Gasteiger partial charge is 0.399 e. The van der Waals surface area contributed by atoms with Crippen molar-refractivity contribution in [3.63, 3.8) is 0 Å². The van der Waals surface area contributed by atoms with Crippen molar-refractivity contribution in [3.8, 4) is 0 Å². The minimum Gasteiger partial charge on any atom is -0.399 e. The number of nitrogens with one attached hydrogen (secondary N) is 1. The lowest BCUT2D eigenvalue weighted by Crippen LogP contribution is -2.34. The lowest BCUT2D eigenvalue weighted by atomic mass is 10.2. The van der Waals surface area contributed by atoms with E-state index < -0.39 is 0 Å². The van der Waals surface area contributed by atoms with Crippen LogP contribution in [0.15, 0.2) is 47.5 Å². The Hall–Kier alpha value is -2.49. The van der Waals surface area contributed by atoms with Crippen LogP contribution in [0.2, 0.25) is 0 Å². The summed E-state index contributed by atoms with van der Waals surface area (Å²) in [6.07, 6.45) is 2.11. The second-order valence-corrected chi connectivity index (χ2v) is 4.71. The molecule has 19 heavy (non-hydrogen) atoms. The summed E-state index contributed by atoms with van der Waals surface area (Å²) in [5.41, 5.74) is 8.51. The Morgan fingerprint density at radius 2 is 1.84 bits per heavy atom. The van der Waals surface area contributed by atoms with Gasteiger partial charge in [-0.05, 0) is 42.5 Å². The van der Waals surface area contributed by atoms with Gasteiger partial charge in [0.2, 0.25) is 0 Å². The molecule has 0 fully saturated rings. The van der Waals surface area contributed by atoms with Gasteiger partial charge in [-0.1, -0.05) is 0 Å². The first-order valence-electron chi connectivity index (χ1n) is 6.20. The Labute approximate surface area is 111 Å². The molecule has 0 aromatic heterocycles. The molecule has 0 bridgehead atoms. The van der Waals surface area contributed by atoms with E-state index in [4.69, 9.17) is 5.73 Å². The molecule has 2 aromatic carbocycles. The molecule has 3 rings (SSSR count). The summed E-state index contributed by atoms with van der Waals surface area (Å²) in [6, 6.07) is 13.9. The zero-order valence-electron chi connectivity index (χ0n) is 10.8. The van der Waals surface area contributed by atoms with E-state index in [-0.39, 0.29) is 0 Å². The van der Waals surface area contributed by atoms with Crippen LogP contribution in [0, 0.1) is 0 Å². The maximum absolute atomic E-state index is 5.68. The number of hydrogen-bond donors (Lipinski definition) is 2. The molecular weight excluding hydrogens is 236 g/mol. The zero-order chi connectivity index (χ0) is 13.2. The molecule has 4 nitrogen and oxygen atoms in total. The van der Waals surface area contributed by atoms with Crippen molar-refractivity contribution in [2.24, 2.45) is 4.99 Å². The second kappa shape index (κ2) is 4.65. The summed E-state index contributed by atoms with van der Waals surface area (Å²) in [6.45, 7) is 0.720. The molecular formula is C15H16N4. The topological polar surface area (TPSA) is 53.6 Å². The van der Waals surface area contributed by atoms with Crippen LogP contribution < -0.4 is 21.6 Å². The molecule has 1 aliphatic heterocycles. The van der Waals surface area contributed by atoms with Gasteiger partial charge in [-0.25, -0.2) is 0 Å². The number of fused-ring (bicyclic) bond motifs is 1. The first-order chi connectivity index (χ1) is 9.20. The molecule has 0 radical (unpaired) electrons. The lowest BCUT2D eigenvalue weighted by Gasteiger charge is -2.14. The smallest absolute Gasteiger partial charge is 0.110 e. The van der Waals surface area contributed by atoms with E-state index in [1.807, 2.05) is 43.4 Å². The summed E-state index contributed by atoms with van der Waals surface area (Å²) in [5, 5.41) is 5.54. The van der Waals surface area contributed by atoms with Crippen LogP contribution in [0.4, 0.5) is 17.1 Å². The van der Waals surface area contributed by atoms with Gasteiger partial charge in [0.25, 0.3) is 0 Å². The zero-order valence-corrected chi connectivity index (χ0v) is 10.8. The molecule has 96 valence electrons. The van der Waals surface area contributed by atoms with Crippen molar-refractivity contribution in [1.29, 1.82) is 0 Å². The van der Waals surface area contributed by atoms with Crippen LogP contribution in [0.1, 0.15) is 0 Å². The van der Waals surface area contributed by atoms with E-state index in [2.05, 4.69) is 27.5 Å². The molecule has 0 saturated heterocycles. The summed E-state index contributed by atoms with van der Waals surface area (Å²) < 4.78 is 0. The Kier molecular flexibility index (Phi) is 2.83. The van der Waals surface area contributed by atoms with Crippen molar-refractivity contribution in [3.05, 3.63) is 53.0 Å². The number of nitrogens with zero attached hydrogens (tertiary/aromatic N) is 2. The fourth-order valence-corrected chi connectivity index (χ4v) is 2.08. The van der Waals surface area contributed by atoms with Crippen LogP contribution in [0.25, 0.3) is 6.20 Å². The number of benzene rings is 2. The average molecular weight is 252 g/mol. The summed E-state index contributed by atoms with van der Waals surface area (Å²) in [7, 11) is 2.02. The standard InChI is InChI=1S/C15H16N4/c1-19-9-11-8-14(6-7-15(11)17-10-19)18-13-4-2-12(16)3-5-13/h2-9,18H,10,16H2,1H3. The molecule has 1 heterocycles. The fourth-order valence-electron chi connectivity index (χ4n) is 2.08. The quantitative estimate of drug-likeness (QED) is 0.791. The summed E-state index contributed by atoms with van der Waals surface area (Å²) in [5.74, 6) is 0. The van der Waals surface area contributed by atoms with Gasteiger partial charge in [-0.3, -0.25) is 4.99 Å². The van der Waals surface area contributed by atoms with E-state index in [1.165, 1.54) is 0 Å². The third-order valence-electron chi connectivity index (χ3n) is 3.05. The van der Waals surface area contributed by atoms with Gasteiger partial charge in [0.05, 0.1) is 5.36 Å². The van der Waals surface area contributed by atoms with Crippen LogP contribution >= 0.6 is 0 Å². The number of rotatable bonds is 2. The SMILES string of the molecule is CN1C=c2cc(Nc3ccc(N)cc3)ccc2=NC1. The van der Waals surface area contributed by atoms with Crippen LogP contribution in [-0.2, 0) is 0 Å². The van der Waals surface area contributed by atoms with E-state index in [9.17, 15) is 0 Å². The molecule has 3 N–H and O–H groups in total. The molecule has 1 aliphatic rings. The third-order valence-corrected chi connectivity index (χ3v) is 3.05. The van der Waals surface area contributed by atoms with Crippen molar-refractivity contribution < 1.29 is 0 Å². The average Bonchev–Trinajstić information content (AvgIpc) is 2.41. The minimum atomic E-state index is 0.720. The van der Waals surface area contributed by atoms with Gasteiger partial charge in [-0.15, -0.1) is 0 Å². The molecule has 0 atom stereocenters. The maximum Gasteiger partial charge on any atom is 0.110 e. The van der Waals surface area contributed by atoms with Gasteiger partial charge >= 0.3 is 0 Å². The highest BCUT2D eigenvalue weighted by Crippen LogP contribution is 2.15. The molecule has 4 heteroatoms. The van der Waals surface area contributed by atoms with Crippen LogP contribution in [0.3, 0.4) is 0 Å². The Morgan fingerprint density at radius 1 is 1.11 bits per heavy atom. The van der Waals surface area contributed by atoms with E-state index >= 15 is 0 Å². The van der Waals surface area contributed by atoms with Gasteiger partial charge in [0.1, 0.15) is 6.67 Å². The fraction of sp³-hybridized carbons (Fsp3) is 0.133. The molecule has 0 unspecified atom stereocenters. The Morgan fingerprint density at radius 3 is 2.63 bits per heavy atom. The normalized spacial score (nSPS) is 13.2. The Bertz CT molecular complexity index is 704. The summed E-state index contributed by atoms with van der Waals surface area (Å²) >= 11 is 0. The van der Waals surface area contributed by atoms with Gasteiger partial charge < -0.3 is 16.0 Å². The van der Waals surface area contributed by atoms with Gasteiger partial charge in [-0.2, -0.15) is 0 Å². The molecule has 2 aromatic rings. The lowest BCUT2D eigenvalue weighted by molar-refractivity contribution is 0.498. The molecule has 0 amide bonds. The Balaban J connectivity index is 1.93. The van der Waals surface area contributed by atoms with Crippen LogP contribution in [0.5, 0.6) is 0 Å². The molecule has 0 spiro atoms. The number of nitrogens with two attached hydrogens (primary N) is 1. The maximum atomic E-state index is 5.68. The first-order valence-corrected chi connectivity index (χ1v) is 6.20. The first kappa shape index (κ1) is 11.6. The molecule has 0 saturated carbocycles. The predicted molar refractivity (Wildman–Crippen MR) is 78.5 cm³/mol. The van der Waals surface area contributed by atoms with E-state index in [1.54, 1.807) is 0 Å². The van der Waals surface area contributed by atoms with Crippen molar-refractivity contribution >= 4 is 23.3 Å². The van der Waals surface area contributed by atoms with E-state index in [0.29, 0.717) is 0 Å². The van der Waals surface area contributed by atoms with Gasteiger partial charge in [0, 0.05) is 35.5 Å². The van der Waals surface area contributed by atoms with Crippen LogP contribution in [-0.4, -0.2) is 18.6 Å². The minimum absolute atomic E-state index is 0.720. The number of hydrogen-bond acceptors (Lipinski definition) is 4. The summed E-state index contributed by atoms with van der Waals surface area (Å²) in [4.78, 5) is 6.55. The highest BCUT2D eigenvalue weighted by Gasteiger charge is 2.00. The van der Waals surface area contributed by atoms with Crippen molar-refractivity contribution in [2.45, 2.75) is 0 Å². The predicted octanol–water partition coefficient (Wildman–Crippen LogP) is 1.27. The highest BCUT2D eigenvalue weighted by atomic mass is 15.2. The van der Waals surface area contributed by atoms with Crippen molar-refractivity contribution in [1.82, 2.24) is 4.90 Å². The molecule has 0 aliphatic carbocycles. The third kappa shape index (κ3) is 2.52. The second-order valence-electron chi connectivity index (χ2n) is 4.71. The highest BCUT2D eigenvalue weighted by molar-refractivity contribution is 5.61.